The van der Waals surface area contributed by atoms with Crippen molar-refractivity contribution in [2.45, 2.75) is 53.0 Å². The zero-order chi connectivity index (χ0) is 14.2. The molecule has 0 spiro atoms. The molecule has 0 N–H and O–H groups in total. The molecule has 5 heteroatoms. The lowest BCUT2D eigenvalue weighted by molar-refractivity contribution is 0.342. The highest BCUT2D eigenvalue weighted by Gasteiger charge is 2.21. The molecule has 0 aliphatic rings. The second kappa shape index (κ2) is 5.16. The van der Waals surface area contributed by atoms with Gasteiger partial charge < -0.3 is 4.57 Å². The summed E-state index contributed by atoms with van der Waals surface area (Å²) in [4.78, 5) is 4.70. The molecular formula is C14H23ClN4. The molecule has 4 nitrogen and oxygen atoms in total. The molecule has 0 atom stereocenters. The van der Waals surface area contributed by atoms with E-state index < -0.39 is 0 Å². The SMILES string of the molecule is CCCc1nn(C)c2c1nc(CCl)n2CC(C)(C)C. The lowest BCUT2D eigenvalue weighted by Crippen LogP contribution is -2.18. The quantitative estimate of drug-likeness (QED) is 0.805. The summed E-state index contributed by atoms with van der Waals surface area (Å²) < 4.78 is 4.16. The maximum absolute atomic E-state index is 6.06. The van der Waals surface area contributed by atoms with Crippen LogP contribution in [0.2, 0.25) is 0 Å². The molecule has 19 heavy (non-hydrogen) atoms. The molecule has 0 fully saturated rings. The fourth-order valence-corrected chi connectivity index (χ4v) is 2.64. The molecule has 0 aliphatic carbocycles. The van der Waals surface area contributed by atoms with Crippen LogP contribution in [-0.2, 0) is 25.9 Å². The van der Waals surface area contributed by atoms with Gasteiger partial charge in [-0.1, -0.05) is 34.1 Å². The fraction of sp³-hybridized carbons (Fsp3) is 0.714. The Balaban J connectivity index is 2.60. The third kappa shape index (κ3) is 2.78. The molecule has 0 radical (unpaired) electrons. The van der Waals surface area contributed by atoms with Crippen LogP contribution in [0, 0.1) is 5.41 Å². The molecule has 0 saturated carbocycles. The van der Waals surface area contributed by atoms with E-state index in [4.69, 9.17) is 16.6 Å². The molecule has 0 unspecified atom stereocenters. The lowest BCUT2D eigenvalue weighted by Gasteiger charge is -2.20. The minimum absolute atomic E-state index is 0.184. The van der Waals surface area contributed by atoms with Crippen LogP contribution in [-0.4, -0.2) is 19.3 Å². The number of alkyl halides is 1. The fourth-order valence-electron chi connectivity index (χ4n) is 2.43. The third-order valence-corrected chi connectivity index (χ3v) is 3.35. The second-order valence-corrected chi connectivity index (χ2v) is 6.57. The van der Waals surface area contributed by atoms with Crippen molar-refractivity contribution in [2.24, 2.45) is 12.5 Å². The molecule has 0 bridgehead atoms. The standard InChI is InChI=1S/C14H23ClN4/c1-6-7-10-12-13(18(5)17-10)19(9-14(2,3)4)11(8-15)16-12/h6-9H2,1-5H3. The first kappa shape index (κ1) is 14.4. The van der Waals surface area contributed by atoms with Gasteiger partial charge in [0.1, 0.15) is 11.3 Å². The zero-order valence-electron chi connectivity index (χ0n) is 12.5. The molecule has 2 aromatic rings. The Labute approximate surface area is 119 Å². The number of hydrogen-bond donors (Lipinski definition) is 0. The van der Waals surface area contributed by atoms with Gasteiger partial charge in [-0.05, 0) is 11.8 Å². The van der Waals surface area contributed by atoms with Gasteiger partial charge in [0.15, 0.2) is 5.65 Å². The Bertz CT molecular complexity index is 574. The molecule has 0 saturated heterocycles. The second-order valence-electron chi connectivity index (χ2n) is 6.30. The molecule has 0 aromatic carbocycles. The van der Waals surface area contributed by atoms with Gasteiger partial charge in [0.2, 0.25) is 0 Å². The van der Waals surface area contributed by atoms with Crippen LogP contribution in [0.5, 0.6) is 0 Å². The van der Waals surface area contributed by atoms with E-state index in [9.17, 15) is 0 Å². The van der Waals surface area contributed by atoms with Gasteiger partial charge in [-0.25, -0.2) is 4.98 Å². The first-order valence-electron chi connectivity index (χ1n) is 6.84. The van der Waals surface area contributed by atoms with Gasteiger partial charge >= 0.3 is 0 Å². The highest BCUT2D eigenvalue weighted by atomic mass is 35.5. The Hall–Kier alpha value is -1.03. The van der Waals surface area contributed by atoms with Crippen LogP contribution in [0.3, 0.4) is 0 Å². The van der Waals surface area contributed by atoms with Crippen LogP contribution in [0.15, 0.2) is 0 Å². The first-order valence-corrected chi connectivity index (χ1v) is 7.37. The van der Waals surface area contributed by atoms with Crippen molar-refractivity contribution in [1.82, 2.24) is 19.3 Å². The summed E-state index contributed by atoms with van der Waals surface area (Å²) in [6.07, 6.45) is 2.04. The topological polar surface area (TPSA) is 35.6 Å². The number of rotatable bonds is 4. The predicted octanol–water partition coefficient (Wildman–Crippen LogP) is 3.51. The summed E-state index contributed by atoms with van der Waals surface area (Å²) in [7, 11) is 1.99. The number of imidazole rings is 1. The molecule has 2 heterocycles. The van der Waals surface area contributed by atoms with Crippen molar-refractivity contribution in [3.8, 4) is 0 Å². The molecule has 0 amide bonds. The van der Waals surface area contributed by atoms with E-state index in [1.165, 1.54) is 0 Å². The first-order chi connectivity index (χ1) is 8.87. The summed E-state index contributed by atoms with van der Waals surface area (Å²) in [6.45, 7) is 9.73. The number of nitrogens with zero attached hydrogens (tertiary/aromatic N) is 4. The maximum Gasteiger partial charge on any atom is 0.158 e. The van der Waals surface area contributed by atoms with Crippen molar-refractivity contribution in [1.29, 1.82) is 0 Å². The van der Waals surface area contributed by atoms with Gasteiger partial charge in [0, 0.05) is 13.6 Å². The monoisotopic (exact) mass is 282 g/mol. The molecule has 2 rings (SSSR count). The summed E-state index contributed by atoms with van der Waals surface area (Å²) in [6, 6.07) is 0. The van der Waals surface area contributed by atoms with E-state index in [1.54, 1.807) is 0 Å². The number of aromatic nitrogens is 4. The van der Waals surface area contributed by atoms with Gasteiger partial charge in [-0.2, -0.15) is 5.10 Å². The lowest BCUT2D eigenvalue weighted by atomic mass is 9.97. The van der Waals surface area contributed by atoms with Crippen LogP contribution in [0.25, 0.3) is 11.2 Å². The minimum Gasteiger partial charge on any atom is -0.311 e. The van der Waals surface area contributed by atoms with Gasteiger partial charge in [-0.3, -0.25) is 4.68 Å². The highest BCUT2D eigenvalue weighted by Crippen LogP contribution is 2.26. The van der Waals surface area contributed by atoms with Crippen molar-refractivity contribution in [3.05, 3.63) is 11.5 Å². The largest absolute Gasteiger partial charge is 0.311 e. The van der Waals surface area contributed by atoms with Crippen molar-refractivity contribution >= 4 is 22.8 Å². The third-order valence-electron chi connectivity index (χ3n) is 3.11. The Morgan fingerprint density at radius 1 is 1.26 bits per heavy atom. The van der Waals surface area contributed by atoms with E-state index in [0.29, 0.717) is 5.88 Å². The van der Waals surface area contributed by atoms with Crippen LogP contribution in [0.4, 0.5) is 0 Å². The van der Waals surface area contributed by atoms with Gasteiger partial charge in [-0.15, -0.1) is 11.6 Å². The van der Waals surface area contributed by atoms with E-state index >= 15 is 0 Å². The highest BCUT2D eigenvalue weighted by molar-refractivity contribution is 6.16. The molecule has 0 aliphatic heterocycles. The minimum atomic E-state index is 0.184. The number of hydrogen-bond acceptors (Lipinski definition) is 2. The van der Waals surface area contributed by atoms with E-state index in [0.717, 1.165) is 42.1 Å². The van der Waals surface area contributed by atoms with Gasteiger partial charge in [0.25, 0.3) is 0 Å². The average Bonchev–Trinajstić information content (AvgIpc) is 2.78. The van der Waals surface area contributed by atoms with Crippen LogP contribution < -0.4 is 0 Å². The zero-order valence-corrected chi connectivity index (χ0v) is 13.3. The molecule has 2 aromatic heterocycles. The predicted molar refractivity (Wildman–Crippen MR) is 79.5 cm³/mol. The number of fused-ring (bicyclic) bond motifs is 1. The van der Waals surface area contributed by atoms with Crippen molar-refractivity contribution < 1.29 is 0 Å². The smallest absolute Gasteiger partial charge is 0.158 e. The Morgan fingerprint density at radius 3 is 2.47 bits per heavy atom. The van der Waals surface area contributed by atoms with E-state index in [2.05, 4.69) is 37.4 Å². The number of halogens is 1. The maximum atomic E-state index is 6.06. The average molecular weight is 283 g/mol. The Kier molecular flexibility index (Phi) is 3.90. The van der Waals surface area contributed by atoms with Crippen LogP contribution >= 0.6 is 11.6 Å². The number of aryl methyl sites for hydroxylation is 2. The van der Waals surface area contributed by atoms with Crippen molar-refractivity contribution in [3.63, 3.8) is 0 Å². The van der Waals surface area contributed by atoms with E-state index in [1.807, 2.05) is 11.7 Å². The van der Waals surface area contributed by atoms with Crippen molar-refractivity contribution in [2.75, 3.05) is 0 Å². The summed E-state index contributed by atoms with van der Waals surface area (Å²) in [5.74, 6) is 1.38. The summed E-state index contributed by atoms with van der Waals surface area (Å²) in [5.41, 5.74) is 3.38. The normalized spacial score (nSPS) is 12.5. The van der Waals surface area contributed by atoms with E-state index in [-0.39, 0.29) is 5.41 Å². The summed E-state index contributed by atoms with van der Waals surface area (Å²) in [5, 5.41) is 4.60. The molecule has 106 valence electrons. The molecular weight excluding hydrogens is 260 g/mol. The van der Waals surface area contributed by atoms with Gasteiger partial charge in [0.05, 0.1) is 11.6 Å². The van der Waals surface area contributed by atoms with Crippen LogP contribution in [0.1, 0.15) is 45.6 Å². The summed E-state index contributed by atoms with van der Waals surface area (Å²) >= 11 is 6.06. The Morgan fingerprint density at radius 2 is 1.95 bits per heavy atom.